The van der Waals surface area contributed by atoms with Gasteiger partial charge in [-0.1, -0.05) is 13.8 Å². The van der Waals surface area contributed by atoms with Crippen molar-refractivity contribution in [2.75, 3.05) is 24.3 Å². The Bertz CT molecular complexity index is 707. The van der Waals surface area contributed by atoms with E-state index in [0.717, 1.165) is 11.9 Å². The van der Waals surface area contributed by atoms with Crippen molar-refractivity contribution in [2.45, 2.75) is 32.5 Å². The van der Waals surface area contributed by atoms with Crippen molar-refractivity contribution in [3.63, 3.8) is 0 Å². The van der Waals surface area contributed by atoms with E-state index in [1.54, 1.807) is 18.7 Å². The molecule has 132 valence electrons. The van der Waals surface area contributed by atoms with E-state index in [1.165, 1.54) is 4.90 Å². The summed E-state index contributed by atoms with van der Waals surface area (Å²) in [6.07, 6.45) is -4.54. The lowest BCUT2D eigenvalue weighted by molar-refractivity contribution is -0.141. The second kappa shape index (κ2) is 6.62. The van der Waals surface area contributed by atoms with Gasteiger partial charge in [0, 0.05) is 33.1 Å². The molecule has 0 bridgehead atoms. The fourth-order valence-corrected chi connectivity index (χ4v) is 2.08. The smallest absolute Gasteiger partial charge is 0.363 e. The highest BCUT2D eigenvalue weighted by molar-refractivity contribution is 5.44. The maximum atomic E-state index is 13.0. The molecule has 24 heavy (non-hydrogen) atoms. The summed E-state index contributed by atoms with van der Waals surface area (Å²) >= 11 is 0. The van der Waals surface area contributed by atoms with Crippen LogP contribution in [0.3, 0.4) is 0 Å². The number of rotatable bonds is 5. The number of anilines is 2. The van der Waals surface area contributed by atoms with E-state index in [4.69, 9.17) is 0 Å². The SMILES string of the molecule is CC(C)c1nnc(CNc2nc(N(C)C)cc(C(F)(F)F)n2)n1C. The second-order valence-corrected chi connectivity index (χ2v) is 5.87. The van der Waals surface area contributed by atoms with Crippen LogP contribution in [0.5, 0.6) is 0 Å². The summed E-state index contributed by atoms with van der Waals surface area (Å²) in [5.41, 5.74) is -0.996. The van der Waals surface area contributed by atoms with Crippen molar-refractivity contribution in [1.82, 2.24) is 24.7 Å². The fourth-order valence-electron chi connectivity index (χ4n) is 2.08. The largest absolute Gasteiger partial charge is 0.433 e. The second-order valence-electron chi connectivity index (χ2n) is 5.87. The van der Waals surface area contributed by atoms with Crippen LogP contribution in [0.25, 0.3) is 0 Å². The Morgan fingerprint density at radius 3 is 2.38 bits per heavy atom. The Hall–Kier alpha value is -2.39. The summed E-state index contributed by atoms with van der Waals surface area (Å²) in [6.45, 7) is 4.14. The summed E-state index contributed by atoms with van der Waals surface area (Å²) in [5, 5.41) is 10.9. The number of hydrogen-bond acceptors (Lipinski definition) is 6. The molecule has 0 saturated carbocycles. The Kier molecular flexibility index (Phi) is 4.95. The summed E-state index contributed by atoms with van der Waals surface area (Å²) < 4.78 is 40.7. The van der Waals surface area contributed by atoms with Crippen LogP contribution in [0.4, 0.5) is 24.9 Å². The Morgan fingerprint density at radius 1 is 1.21 bits per heavy atom. The minimum atomic E-state index is -4.54. The zero-order chi connectivity index (χ0) is 18.1. The number of halogens is 3. The molecule has 2 aromatic heterocycles. The van der Waals surface area contributed by atoms with Crippen LogP contribution in [0, 0.1) is 0 Å². The predicted octanol–water partition coefficient (Wildman–Crippen LogP) is 2.43. The molecule has 2 aromatic rings. The molecule has 0 amide bonds. The van der Waals surface area contributed by atoms with Crippen LogP contribution < -0.4 is 10.2 Å². The van der Waals surface area contributed by atoms with Crippen molar-refractivity contribution in [3.8, 4) is 0 Å². The van der Waals surface area contributed by atoms with Crippen LogP contribution in [-0.2, 0) is 19.8 Å². The Balaban J connectivity index is 2.25. The minimum absolute atomic E-state index is 0.109. The molecule has 0 fully saturated rings. The summed E-state index contributed by atoms with van der Waals surface area (Å²) in [6, 6.07) is 0.907. The van der Waals surface area contributed by atoms with Crippen molar-refractivity contribution < 1.29 is 13.2 Å². The zero-order valence-electron chi connectivity index (χ0n) is 14.2. The van der Waals surface area contributed by atoms with Gasteiger partial charge in [0.2, 0.25) is 5.95 Å². The average Bonchev–Trinajstić information content (AvgIpc) is 2.85. The average molecular weight is 343 g/mol. The maximum Gasteiger partial charge on any atom is 0.433 e. The molecule has 0 unspecified atom stereocenters. The predicted molar refractivity (Wildman–Crippen MR) is 83.8 cm³/mol. The number of hydrogen-bond donors (Lipinski definition) is 1. The van der Waals surface area contributed by atoms with E-state index in [2.05, 4.69) is 25.5 Å². The third-order valence-corrected chi connectivity index (χ3v) is 3.38. The zero-order valence-corrected chi connectivity index (χ0v) is 14.2. The normalized spacial score (nSPS) is 11.9. The minimum Gasteiger partial charge on any atom is -0.363 e. The van der Waals surface area contributed by atoms with E-state index >= 15 is 0 Å². The van der Waals surface area contributed by atoms with E-state index < -0.39 is 11.9 Å². The van der Waals surface area contributed by atoms with Gasteiger partial charge in [-0.05, 0) is 0 Å². The van der Waals surface area contributed by atoms with Crippen molar-refractivity contribution in [3.05, 3.63) is 23.4 Å². The highest BCUT2D eigenvalue weighted by Crippen LogP contribution is 2.30. The number of alkyl halides is 3. The third-order valence-electron chi connectivity index (χ3n) is 3.38. The van der Waals surface area contributed by atoms with Gasteiger partial charge in [-0.15, -0.1) is 10.2 Å². The molecule has 0 aliphatic rings. The van der Waals surface area contributed by atoms with E-state index in [1.807, 2.05) is 20.9 Å². The van der Waals surface area contributed by atoms with Crippen LogP contribution in [0.1, 0.15) is 37.1 Å². The van der Waals surface area contributed by atoms with Crippen LogP contribution >= 0.6 is 0 Å². The molecular weight excluding hydrogens is 323 g/mol. The molecule has 7 nitrogen and oxygen atoms in total. The molecule has 0 aliphatic carbocycles. The number of aromatic nitrogens is 5. The van der Waals surface area contributed by atoms with E-state index in [9.17, 15) is 13.2 Å². The molecule has 1 N–H and O–H groups in total. The van der Waals surface area contributed by atoms with Gasteiger partial charge in [-0.25, -0.2) is 4.98 Å². The lowest BCUT2D eigenvalue weighted by Gasteiger charge is -2.16. The van der Waals surface area contributed by atoms with Crippen LogP contribution in [-0.4, -0.2) is 38.8 Å². The molecule has 2 heterocycles. The monoisotopic (exact) mass is 343 g/mol. The van der Waals surface area contributed by atoms with Gasteiger partial charge < -0.3 is 14.8 Å². The first-order valence-corrected chi connectivity index (χ1v) is 7.35. The van der Waals surface area contributed by atoms with Crippen LogP contribution in [0.2, 0.25) is 0 Å². The van der Waals surface area contributed by atoms with Crippen LogP contribution in [0.15, 0.2) is 6.07 Å². The quantitative estimate of drug-likeness (QED) is 0.899. The number of nitrogens with zero attached hydrogens (tertiary/aromatic N) is 6. The molecule has 0 aromatic carbocycles. The summed E-state index contributed by atoms with van der Waals surface area (Å²) in [4.78, 5) is 9.11. The molecule has 0 spiro atoms. The summed E-state index contributed by atoms with van der Waals surface area (Å²) in [5.74, 6) is 1.64. The Morgan fingerprint density at radius 2 is 1.88 bits per heavy atom. The van der Waals surface area contributed by atoms with Gasteiger partial charge in [0.25, 0.3) is 0 Å². The maximum absolute atomic E-state index is 13.0. The van der Waals surface area contributed by atoms with Crippen molar-refractivity contribution in [2.24, 2.45) is 7.05 Å². The lowest BCUT2D eigenvalue weighted by atomic mass is 10.2. The highest BCUT2D eigenvalue weighted by Gasteiger charge is 2.34. The third kappa shape index (κ3) is 3.92. The first-order valence-electron chi connectivity index (χ1n) is 7.35. The molecule has 0 radical (unpaired) electrons. The van der Waals surface area contributed by atoms with Gasteiger partial charge in [-0.2, -0.15) is 18.2 Å². The molecule has 10 heteroatoms. The molecule has 0 aliphatic heterocycles. The lowest BCUT2D eigenvalue weighted by Crippen LogP contribution is -2.18. The first kappa shape index (κ1) is 18.0. The topological polar surface area (TPSA) is 71.8 Å². The van der Waals surface area contributed by atoms with Crippen molar-refractivity contribution in [1.29, 1.82) is 0 Å². The fraction of sp³-hybridized carbons (Fsp3) is 0.571. The Labute approximate surface area is 137 Å². The van der Waals surface area contributed by atoms with Gasteiger partial charge in [0.05, 0.1) is 6.54 Å². The standard InChI is InChI=1S/C14H20F3N7/c1-8(2)12-22-21-11(24(12)5)7-18-13-19-9(14(15,16)17)6-10(20-13)23(3)4/h6,8H,7H2,1-5H3,(H,18,19,20). The van der Waals surface area contributed by atoms with Crippen molar-refractivity contribution >= 4 is 11.8 Å². The van der Waals surface area contributed by atoms with Gasteiger partial charge in [-0.3, -0.25) is 0 Å². The molecule has 0 saturated heterocycles. The van der Waals surface area contributed by atoms with Gasteiger partial charge in [0.15, 0.2) is 11.5 Å². The molecule has 2 rings (SSSR count). The molecule has 0 atom stereocenters. The summed E-state index contributed by atoms with van der Waals surface area (Å²) in [7, 11) is 5.04. The van der Waals surface area contributed by atoms with E-state index in [-0.39, 0.29) is 24.2 Å². The van der Waals surface area contributed by atoms with Gasteiger partial charge >= 0.3 is 6.18 Å². The number of nitrogens with one attached hydrogen (secondary N) is 1. The highest BCUT2D eigenvalue weighted by atomic mass is 19.4. The van der Waals surface area contributed by atoms with Gasteiger partial charge in [0.1, 0.15) is 11.6 Å². The molecular formula is C14H20F3N7. The first-order chi connectivity index (χ1) is 11.1. The van der Waals surface area contributed by atoms with E-state index in [0.29, 0.717) is 5.82 Å².